The van der Waals surface area contributed by atoms with E-state index >= 15 is 0 Å². The van der Waals surface area contributed by atoms with Gasteiger partial charge < -0.3 is 10.6 Å². The van der Waals surface area contributed by atoms with Crippen molar-refractivity contribution in [2.24, 2.45) is 11.8 Å². The number of hydrogen-bond acceptors (Lipinski definition) is 8. The van der Waals surface area contributed by atoms with Crippen LogP contribution in [-0.4, -0.2) is 80.1 Å². The minimum Gasteiger partial charge on any atom is -0.359 e. The van der Waals surface area contributed by atoms with Crippen molar-refractivity contribution in [1.29, 1.82) is 0 Å². The molecule has 2 amide bonds. The lowest BCUT2D eigenvalue weighted by molar-refractivity contribution is -0.131. The SMILES string of the molecule is C=C(CN1CCS(=O)(=O)CC1)C(=O)CC[C@@H](NC(=O)[C@@H](CC(=O)NC)Cc1nc2ccc(Cl)cc2s1)C1CCCCC1. The minimum absolute atomic E-state index is 0.0394. The van der Waals surface area contributed by atoms with Crippen LogP contribution in [0.3, 0.4) is 0 Å². The van der Waals surface area contributed by atoms with E-state index in [-0.39, 0.29) is 53.9 Å². The fourth-order valence-corrected chi connectivity index (χ4v) is 8.42. The van der Waals surface area contributed by atoms with Crippen molar-refractivity contribution in [2.45, 2.75) is 63.8 Å². The summed E-state index contributed by atoms with van der Waals surface area (Å²) in [5.41, 5.74) is 1.28. The van der Waals surface area contributed by atoms with Crippen molar-refractivity contribution in [2.75, 3.05) is 38.2 Å². The van der Waals surface area contributed by atoms with Gasteiger partial charge in [0, 0.05) is 62.6 Å². The summed E-state index contributed by atoms with van der Waals surface area (Å²) in [6.07, 6.45) is 6.44. The van der Waals surface area contributed by atoms with Crippen LogP contribution < -0.4 is 10.6 Å². The van der Waals surface area contributed by atoms with Crippen LogP contribution in [0.25, 0.3) is 10.2 Å². The summed E-state index contributed by atoms with van der Waals surface area (Å²) in [4.78, 5) is 45.8. The third kappa shape index (κ3) is 9.33. The molecule has 1 aliphatic heterocycles. The van der Waals surface area contributed by atoms with Gasteiger partial charge in [-0.1, -0.05) is 37.4 Å². The molecule has 0 bridgehead atoms. The summed E-state index contributed by atoms with van der Waals surface area (Å²) >= 11 is 7.61. The molecule has 9 nitrogen and oxygen atoms in total. The lowest BCUT2D eigenvalue weighted by atomic mass is 9.81. The van der Waals surface area contributed by atoms with Crippen LogP contribution >= 0.6 is 22.9 Å². The highest BCUT2D eigenvalue weighted by molar-refractivity contribution is 7.91. The Hall–Kier alpha value is -2.34. The van der Waals surface area contributed by atoms with Gasteiger partial charge in [0.1, 0.15) is 0 Å². The van der Waals surface area contributed by atoms with E-state index in [4.69, 9.17) is 11.6 Å². The maximum Gasteiger partial charge on any atom is 0.224 e. The van der Waals surface area contributed by atoms with Gasteiger partial charge in [0.05, 0.1) is 32.6 Å². The van der Waals surface area contributed by atoms with Gasteiger partial charge in [0.25, 0.3) is 0 Å². The number of benzene rings is 1. The molecule has 1 aliphatic carbocycles. The van der Waals surface area contributed by atoms with Gasteiger partial charge in [-0.3, -0.25) is 19.3 Å². The molecule has 2 aliphatic rings. The van der Waals surface area contributed by atoms with Gasteiger partial charge >= 0.3 is 0 Å². The molecular formula is C30H41ClN4O5S2. The topological polar surface area (TPSA) is 126 Å². The summed E-state index contributed by atoms with van der Waals surface area (Å²) in [5, 5.41) is 7.26. The number of ketones is 1. The molecular weight excluding hydrogens is 596 g/mol. The van der Waals surface area contributed by atoms with Crippen LogP contribution in [0.15, 0.2) is 30.4 Å². The molecule has 1 aromatic heterocycles. The molecule has 1 aromatic carbocycles. The molecule has 2 heterocycles. The quantitative estimate of drug-likeness (QED) is 0.319. The van der Waals surface area contributed by atoms with Crippen LogP contribution in [-0.2, 0) is 30.6 Å². The van der Waals surface area contributed by atoms with Crippen LogP contribution in [0, 0.1) is 11.8 Å². The number of hydrogen-bond donors (Lipinski definition) is 2. The van der Waals surface area contributed by atoms with E-state index in [9.17, 15) is 22.8 Å². The molecule has 2 fully saturated rings. The van der Waals surface area contributed by atoms with Crippen LogP contribution in [0.4, 0.5) is 0 Å². The monoisotopic (exact) mass is 636 g/mol. The van der Waals surface area contributed by atoms with Crippen LogP contribution in [0.5, 0.6) is 0 Å². The Bertz CT molecular complexity index is 1390. The van der Waals surface area contributed by atoms with E-state index < -0.39 is 15.8 Å². The van der Waals surface area contributed by atoms with Gasteiger partial charge in [-0.2, -0.15) is 0 Å². The lowest BCUT2D eigenvalue weighted by Gasteiger charge is -2.32. The van der Waals surface area contributed by atoms with E-state index in [0.29, 0.717) is 43.1 Å². The summed E-state index contributed by atoms with van der Waals surface area (Å²) in [6, 6.07) is 5.30. The Morgan fingerprint density at radius 3 is 2.57 bits per heavy atom. The molecule has 2 N–H and O–H groups in total. The Morgan fingerprint density at radius 2 is 1.88 bits per heavy atom. The van der Waals surface area contributed by atoms with Crippen molar-refractivity contribution in [1.82, 2.24) is 20.5 Å². The molecule has 1 saturated heterocycles. The number of fused-ring (bicyclic) bond motifs is 1. The average Bonchev–Trinajstić information content (AvgIpc) is 3.37. The molecule has 2 aromatic rings. The Balaban J connectivity index is 1.41. The summed E-state index contributed by atoms with van der Waals surface area (Å²) in [6.45, 7) is 5.16. The van der Waals surface area contributed by atoms with Gasteiger partial charge in [-0.25, -0.2) is 13.4 Å². The van der Waals surface area contributed by atoms with Crippen molar-refractivity contribution in [3.05, 3.63) is 40.4 Å². The number of sulfone groups is 1. The van der Waals surface area contributed by atoms with Crippen molar-refractivity contribution >= 4 is 60.6 Å². The first-order chi connectivity index (χ1) is 20.0. The first-order valence-electron chi connectivity index (χ1n) is 14.7. The zero-order chi connectivity index (χ0) is 30.3. The first kappa shape index (κ1) is 32.6. The molecule has 0 spiro atoms. The smallest absolute Gasteiger partial charge is 0.224 e. The normalized spacial score (nSPS) is 19.2. The lowest BCUT2D eigenvalue weighted by Crippen LogP contribution is -2.45. The highest BCUT2D eigenvalue weighted by Gasteiger charge is 2.31. The highest BCUT2D eigenvalue weighted by Crippen LogP contribution is 2.30. The Labute approximate surface area is 257 Å². The first-order valence-corrected chi connectivity index (χ1v) is 17.7. The fraction of sp³-hybridized carbons (Fsp3) is 0.600. The Morgan fingerprint density at radius 1 is 1.17 bits per heavy atom. The largest absolute Gasteiger partial charge is 0.359 e. The molecule has 1 saturated carbocycles. The molecule has 230 valence electrons. The van der Waals surface area contributed by atoms with E-state index in [1.807, 2.05) is 17.0 Å². The number of carbonyl (C=O) groups is 3. The van der Waals surface area contributed by atoms with E-state index in [1.54, 1.807) is 13.1 Å². The number of Topliss-reactive ketones (excluding diaryl/α,β-unsaturated/α-hetero) is 1. The predicted octanol–water partition coefficient (Wildman–Crippen LogP) is 3.95. The molecule has 42 heavy (non-hydrogen) atoms. The number of nitrogens with zero attached hydrogens (tertiary/aromatic N) is 2. The molecule has 2 atom stereocenters. The molecule has 12 heteroatoms. The van der Waals surface area contributed by atoms with E-state index in [1.165, 1.54) is 17.8 Å². The van der Waals surface area contributed by atoms with Gasteiger partial charge in [0.15, 0.2) is 15.6 Å². The predicted molar refractivity (Wildman–Crippen MR) is 167 cm³/mol. The van der Waals surface area contributed by atoms with E-state index in [0.717, 1.165) is 40.9 Å². The highest BCUT2D eigenvalue weighted by atomic mass is 35.5. The fourth-order valence-electron chi connectivity index (χ4n) is 5.82. The maximum atomic E-state index is 13.7. The molecule has 4 rings (SSSR count). The van der Waals surface area contributed by atoms with Crippen LogP contribution in [0.2, 0.25) is 5.02 Å². The number of halogens is 1. The number of nitrogens with one attached hydrogen (secondary N) is 2. The molecule has 0 unspecified atom stereocenters. The van der Waals surface area contributed by atoms with Gasteiger partial charge in [0.2, 0.25) is 11.8 Å². The minimum atomic E-state index is -2.99. The number of aromatic nitrogens is 1. The standard InChI is InChI=1S/C30H41ClN4O5S2/c1-20(19-35-12-14-42(39,40)15-13-35)26(36)11-10-24(21-6-4-3-5-7-21)34-30(38)22(16-28(37)32-2)17-29-33-25-9-8-23(31)18-27(25)41-29/h8-9,18,21-22,24H,1,3-7,10-17,19H2,2H3,(H,32,37)(H,34,38)/t22-,24+/m0/s1. The van der Waals surface area contributed by atoms with Crippen molar-refractivity contribution in [3.63, 3.8) is 0 Å². The van der Waals surface area contributed by atoms with Gasteiger partial charge in [-0.05, 0) is 43.4 Å². The summed E-state index contributed by atoms with van der Waals surface area (Å²) < 4.78 is 24.4. The van der Waals surface area contributed by atoms with Crippen molar-refractivity contribution < 1.29 is 22.8 Å². The Kier molecular flexibility index (Phi) is 11.6. The van der Waals surface area contributed by atoms with Crippen molar-refractivity contribution in [3.8, 4) is 0 Å². The summed E-state index contributed by atoms with van der Waals surface area (Å²) in [7, 11) is -1.43. The second-order valence-corrected chi connectivity index (χ2v) is 15.4. The average molecular weight is 637 g/mol. The number of amides is 2. The van der Waals surface area contributed by atoms with E-state index in [2.05, 4.69) is 22.2 Å². The number of rotatable bonds is 13. The second kappa shape index (κ2) is 14.9. The van der Waals surface area contributed by atoms with Gasteiger partial charge in [-0.15, -0.1) is 11.3 Å². The third-order valence-corrected chi connectivity index (χ3v) is 11.3. The number of thiazole rings is 1. The molecule has 0 radical (unpaired) electrons. The second-order valence-electron chi connectivity index (χ2n) is 11.5. The zero-order valence-electron chi connectivity index (χ0n) is 24.2. The third-order valence-electron chi connectivity index (χ3n) is 8.37. The van der Waals surface area contributed by atoms with Crippen LogP contribution in [0.1, 0.15) is 56.4 Å². The zero-order valence-corrected chi connectivity index (χ0v) is 26.6. The summed E-state index contributed by atoms with van der Waals surface area (Å²) in [5.74, 6) is -0.612. The number of carbonyl (C=O) groups excluding carboxylic acids is 3. The maximum absolute atomic E-state index is 13.7.